The number of hydrogen-bond acceptors (Lipinski definition) is 6. The number of benzene rings is 2. The van der Waals surface area contributed by atoms with Gasteiger partial charge in [-0.2, -0.15) is 0 Å². The largest absolute Gasteiger partial charge is 0.497 e. The highest BCUT2D eigenvalue weighted by Gasteiger charge is 2.19. The first kappa shape index (κ1) is 20.1. The summed E-state index contributed by atoms with van der Waals surface area (Å²) in [7, 11) is 5.01. The maximum absolute atomic E-state index is 11.5. The second-order valence-electron chi connectivity index (χ2n) is 6.40. The number of tetrazole rings is 1. The minimum atomic E-state index is -0.388. The van der Waals surface area contributed by atoms with Crippen LogP contribution in [0.4, 0.5) is 0 Å². The number of aromatic nitrogens is 4. The third-order valence-electron chi connectivity index (χ3n) is 4.57. The van der Waals surface area contributed by atoms with Crippen LogP contribution in [-0.2, 0) is 11.8 Å². The highest BCUT2D eigenvalue weighted by molar-refractivity contribution is 5.98. The van der Waals surface area contributed by atoms with Crippen molar-refractivity contribution in [3.63, 3.8) is 0 Å². The molecular weight excluding hydrogens is 370 g/mol. The van der Waals surface area contributed by atoms with E-state index in [9.17, 15) is 4.79 Å². The molecule has 0 spiro atoms. The molecule has 0 atom stereocenters. The number of allylic oxidation sites excluding steroid dienone is 1. The fraction of sp³-hybridized carbons (Fsp3) is 0.238. The predicted molar refractivity (Wildman–Crippen MR) is 109 cm³/mol. The Kier molecular flexibility index (Phi) is 6.23. The molecule has 0 saturated heterocycles. The van der Waals surface area contributed by atoms with E-state index >= 15 is 0 Å². The highest BCUT2D eigenvalue weighted by atomic mass is 16.5. The monoisotopic (exact) mass is 393 g/mol. The Morgan fingerprint density at radius 3 is 1.83 bits per heavy atom. The van der Waals surface area contributed by atoms with Crippen LogP contribution in [0, 0.1) is 0 Å². The van der Waals surface area contributed by atoms with Gasteiger partial charge in [0.2, 0.25) is 5.91 Å². The third-order valence-corrected chi connectivity index (χ3v) is 4.57. The van der Waals surface area contributed by atoms with Gasteiger partial charge < -0.3 is 15.2 Å². The summed E-state index contributed by atoms with van der Waals surface area (Å²) in [6, 6.07) is 15.4. The standard InChI is InChI=1S/C21H23N5O3/c1-26-21(23-24-25-26)18(12-13-19(22)27)20(14-4-8-16(28-2)9-5-14)15-6-10-17(29-3)11-7-15/h4-11H,12-13H2,1-3H3,(H2,22,27). The topological polar surface area (TPSA) is 105 Å². The van der Waals surface area contributed by atoms with Gasteiger partial charge in [-0.1, -0.05) is 24.3 Å². The number of carbonyl (C=O) groups excluding carboxylic acids is 1. The first-order chi connectivity index (χ1) is 14.0. The number of carbonyl (C=O) groups is 1. The Bertz CT molecular complexity index is 958. The van der Waals surface area contributed by atoms with E-state index in [2.05, 4.69) is 15.5 Å². The minimum absolute atomic E-state index is 0.179. The molecule has 8 nitrogen and oxygen atoms in total. The van der Waals surface area contributed by atoms with Gasteiger partial charge in [0.25, 0.3) is 0 Å². The summed E-state index contributed by atoms with van der Waals surface area (Å²) < 4.78 is 12.2. The van der Waals surface area contributed by atoms with Crippen LogP contribution in [0.15, 0.2) is 48.5 Å². The zero-order chi connectivity index (χ0) is 20.8. The number of methoxy groups -OCH3 is 2. The summed E-state index contributed by atoms with van der Waals surface area (Å²) in [5.41, 5.74) is 9.06. The van der Waals surface area contributed by atoms with Crippen molar-refractivity contribution >= 4 is 17.1 Å². The van der Waals surface area contributed by atoms with Crippen molar-refractivity contribution in [3.05, 3.63) is 65.5 Å². The summed E-state index contributed by atoms with van der Waals surface area (Å²) in [5, 5.41) is 11.9. The lowest BCUT2D eigenvalue weighted by atomic mass is 9.90. The molecule has 2 aromatic carbocycles. The Hall–Kier alpha value is -3.68. The quantitative estimate of drug-likeness (QED) is 0.630. The molecule has 0 bridgehead atoms. The van der Waals surface area contributed by atoms with E-state index in [0.717, 1.165) is 33.8 Å². The van der Waals surface area contributed by atoms with Gasteiger partial charge in [0.1, 0.15) is 11.5 Å². The maximum Gasteiger partial charge on any atom is 0.217 e. The summed E-state index contributed by atoms with van der Waals surface area (Å²) in [5.74, 6) is 1.69. The average molecular weight is 393 g/mol. The number of nitrogens with zero attached hydrogens (tertiary/aromatic N) is 4. The van der Waals surface area contributed by atoms with Gasteiger partial charge in [-0.15, -0.1) is 5.10 Å². The molecule has 0 unspecified atom stereocenters. The lowest BCUT2D eigenvalue weighted by Crippen LogP contribution is -2.11. The van der Waals surface area contributed by atoms with Crippen molar-refractivity contribution in [2.75, 3.05) is 14.2 Å². The molecule has 1 amide bonds. The molecule has 0 radical (unpaired) electrons. The number of nitrogens with two attached hydrogens (primary N) is 1. The van der Waals surface area contributed by atoms with Gasteiger partial charge in [-0.25, -0.2) is 4.68 Å². The smallest absolute Gasteiger partial charge is 0.217 e. The van der Waals surface area contributed by atoms with Gasteiger partial charge >= 0.3 is 0 Å². The van der Waals surface area contributed by atoms with Crippen LogP contribution >= 0.6 is 0 Å². The van der Waals surface area contributed by atoms with Crippen molar-refractivity contribution in [2.24, 2.45) is 12.8 Å². The van der Waals surface area contributed by atoms with E-state index in [1.54, 1.807) is 25.9 Å². The fourth-order valence-electron chi connectivity index (χ4n) is 3.11. The van der Waals surface area contributed by atoms with Crippen LogP contribution in [-0.4, -0.2) is 40.3 Å². The molecule has 8 heteroatoms. The second kappa shape index (κ2) is 9.01. The SMILES string of the molecule is COc1ccc(C(=C(CCC(N)=O)c2nnnn2C)c2ccc(OC)cc2)cc1. The maximum atomic E-state index is 11.5. The average Bonchev–Trinajstić information content (AvgIpc) is 3.17. The molecule has 3 rings (SSSR count). The van der Waals surface area contributed by atoms with Crippen molar-refractivity contribution in [2.45, 2.75) is 12.8 Å². The summed E-state index contributed by atoms with van der Waals surface area (Å²) in [4.78, 5) is 11.5. The first-order valence-corrected chi connectivity index (χ1v) is 9.06. The minimum Gasteiger partial charge on any atom is -0.497 e. The van der Waals surface area contributed by atoms with Gasteiger partial charge in [-0.05, 0) is 57.8 Å². The van der Waals surface area contributed by atoms with Gasteiger partial charge in [0, 0.05) is 19.0 Å². The van der Waals surface area contributed by atoms with E-state index in [0.29, 0.717) is 12.2 Å². The van der Waals surface area contributed by atoms with Crippen molar-refractivity contribution in [1.29, 1.82) is 0 Å². The number of primary amides is 1. The van der Waals surface area contributed by atoms with E-state index in [-0.39, 0.29) is 12.3 Å². The fourth-order valence-corrected chi connectivity index (χ4v) is 3.11. The normalized spacial score (nSPS) is 10.4. The lowest BCUT2D eigenvalue weighted by molar-refractivity contribution is -0.117. The number of hydrogen-bond donors (Lipinski definition) is 1. The van der Waals surface area contributed by atoms with E-state index in [1.165, 1.54) is 0 Å². The lowest BCUT2D eigenvalue weighted by Gasteiger charge is -2.16. The number of rotatable bonds is 8. The zero-order valence-electron chi connectivity index (χ0n) is 16.6. The molecule has 0 aliphatic carbocycles. The van der Waals surface area contributed by atoms with Crippen LogP contribution < -0.4 is 15.2 Å². The molecule has 1 aromatic heterocycles. The Labute approximate surface area is 168 Å². The van der Waals surface area contributed by atoms with Crippen LogP contribution in [0.1, 0.15) is 29.8 Å². The highest BCUT2D eigenvalue weighted by Crippen LogP contribution is 2.35. The molecule has 1 heterocycles. The molecule has 3 aromatic rings. The Morgan fingerprint density at radius 2 is 1.45 bits per heavy atom. The van der Waals surface area contributed by atoms with Gasteiger partial charge in [-0.3, -0.25) is 4.79 Å². The molecule has 0 aliphatic rings. The van der Waals surface area contributed by atoms with Gasteiger partial charge in [0.05, 0.1) is 14.2 Å². The Balaban J connectivity index is 2.24. The molecular formula is C21H23N5O3. The number of amides is 1. The summed E-state index contributed by atoms with van der Waals surface area (Å²) >= 11 is 0. The zero-order valence-corrected chi connectivity index (χ0v) is 16.6. The summed E-state index contributed by atoms with van der Waals surface area (Å²) in [6.45, 7) is 0. The molecule has 0 aliphatic heterocycles. The van der Waals surface area contributed by atoms with Crippen molar-refractivity contribution in [3.8, 4) is 11.5 Å². The van der Waals surface area contributed by atoms with Crippen LogP contribution in [0.5, 0.6) is 11.5 Å². The van der Waals surface area contributed by atoms with E-state index in [4.69, 9.17) is 15.2 Å². The van der Waals surface area contributed by atoms with Crippen molar-refractivity contribution in [1.82, 2.24) is 20.2 Å². The molecule has 2 N–H and O–H groups in total. The number of ether oxygens (including phenoxy) is 2. The molecule has 0 fully saturated rings. The van der Waals surface area contributed by atoms with Crippen LogP contribution in [0.3, 0.4) is 0 Å². The van der Waals surface area contributed by atoms with Gasteiger partial charge in [0.15, 0.2) is 5.82 Å². The predicted octanol–water partition coefficient (Wildman–Crippen LogP) is 2.45. The molecule has 29 heavy (non-hydrogen) atoms. The second-order valence-corrected chi connectivity index (χ2v) is 6.40. The number of aryl methyl sites for hydroxylation is 1. The summed E-state index contributed by atoms with van der Waals surface area (Å²) in [6.07, 6.45) is 0.578. The van der Waals surface area contributed by atoms with E-state index in [1.807, 2.05) is 48.5 Å². The van der Waals surface area contributed by atoms with E-state index < -0.39 is 0 Å². The molecule has 150 valence electrons. The van der Waals surface area contributed by atoms with Crippen LogP contribution in [0.25, 0.3) is 11.1 Å². The first-order valence-electron chi connectivity index (χ1n) is 9.06. The molecule has 0 saturated carbocycles. The Morgan fingerprint density at radius 1 is 0.931 bits per heavy atom. The van der Waals surface area contributed by atoms with Crippen LogP contribution in [0.2, 0.25) is 0 Å². The van der Waals surface area contributed by atoms with Crippen molar-refractivity contribution < 1.29 is 14.3 Å². The third kappa shape index (κ3) is 4.60.